The van der Waals surface area contributed by atoms with Gasteiger partial charge in [0.25, 0.3) is 0 Å². The number of hydrogen-bond acceptors (Lipinski definition) is 4. The molecule has 0 unspecified atom stereocenters. The molecule has 1 N–H and O–H groups in total. The highest BCUT2D eigenvalue weighted by Crippen LogP contribution is 2.32. The molecule has 0 aliphatic heterocycles. The SMILES string of the molecule is C[C@H](NCC(=O)N(C)C1(C#N)CCCCC1)[C@@H](C)n1cccn1. The summed E-state index contributed by atoms with van der Waals surface area (Å²) in [4.78, 5) is 14.2. The standard InChI is InChI=1S/C17H27N5O/c1-14(15(2)22-11-7-10-20-22)19-12-16(23)21(3)17(13-18)8-5-4-6-9-17/h7,10-11,14-15,19H,4-6,8-9,12H2,1-3H3/t14-,15+/m0/s1. The minimum absolute atomic E-state index is 0.0204. The molecule has 1 fully saturated rings. The molecule has 6 nitrogen and oxygen atoms in total. The van der Waals surface area contributed by atoms with Crippen molar-refractivity contribution in [2.24, 2.45) is 0 Å². The number of rotatable bonds is 6. The maximum Gasteiger partial charge on any atom is 0.237 e. The fraction of sp³-hybridized carbons (Fsp3) is 0.706. The Balaban J connectivity index is 1.89. The summed E-state index contributed by atoms with van der Waals surface area (Å²) < 4.78 is 1.88. The predicted molar refractivity (Wildman–Crippen MR) is 88.6 cm³/mol. The van der Waals surface area contributed by atoms with Crippen molar-refractivity contribution < 1.29 is 4.79 Å². The number of likely N-dealkylation sites (N-methyl/N-ethyl adjacent to an activating group) is 1. The van der Waals surface area contributed by atoms with Gasteiger partial charge in [0.05, 0.1) is 18.7 Å². The third kappa shape index (κ3) is 3.91. The topological polar surface area (TPSA) is 74.0 Å². The molecule has 0 aromatic carbocycles. The molecule has 2 rings (SSSR count). The van der Waals surface area contributed by atoms with E-state index in [1.54, 1.807) is 18.1 Å². The van der Waals surface area contributed by atoms with Crippen LogP contribution in [0.2, 0.25) is 0 Å². The van der Waals surface area contributed by atoms with Crippen molar-refractivity contribution in [3.63, 3.8) is 0 Å². The highest BCUT2D eigenvalue weighted by Gasteiger charge is 2.38. The number of nitrogens with one attached hydrogen (secondary N) is 1. The number of amides is 1. The zero-order valence-electron chi connectivity index (χ0n) is 14.3. The summed E-state index contributed by atoms with van der Waals surface area (Å²) >= 11 is 0. The summed E-state index contributed by atoms with van der Waals surface area (Å²) in [6.07, 6.45) is 8.43. The van der Waals surface area contributed by atoms with Gasteiger partial charge in [-0.3, -0.25) is 9.48 Å². The first kappa shape index (κ1) is 17.5. The monoisotopic (exact) mass is 317 g/mol. The summed E-state index contributed by atoms with van der Waals surface area (Å²) in [6, 6.07) is 4.55. The number of carbonyl (C=O) groups is 1. The molecule has 0 saturated heterocycles. The van der Waals surface area contributed by atoms with Crippen molar-refractivity contribution >= 4 is 5.91 Å². The molecule has 126 valence electrons. The Morgan fingerprint density at radius 1 is 1.43 bits per heavy atom. The molecule has 1 aliphatic carbocycles. The van der Waals surface area contributed by atoms with E-state index >= 15 is 0 Å². The van der Waals surface area contributed by atoms with Crippen molar-refractivity contribution in [3.05, 3.63) is 18.5 Å². The average Bonchev–Trinajstić information content (AvgIpc) is 3.13. The number of nitrogens with zero attached hydrogens (tertiary/aromatic N) is 4. The highest BCUT2D eigenvalue weighted by atomic mass is 16.2. The maximum absolute atomic E-state index is 12.5. The van der Waals surface area contributed by atoms with Gasteiger partial charge in [-0.2, -0.15) is 10.4 Å². The average molecular weight is 317 g/mol. The molecule has 1 heterocycles. The Hall–Kier alpha value is -1.87. The summed E-state index contributed by atoms with van der Waals surface area (Å²) in [6.45, 7) is 4.35. The molecule has 23 heavy (non-hydrogen) atoms. The van der Waals surface area contributed by atoms with Crippen molar-refractivity contribution in [3.8, 4) is 6.07 Å². The van der Waals surface area contributed by atoms with Crippen molar-refractivity contribution in [2.75, 3.05) is 13.6 Å². The van der Waals surface area contributed by atoms with Crippen LogP contribution in [0.3, 0.4) is 0 Å². The van der Waals surface area contributed by atoms with E-state index in [2.05, 4.69) is 23.4 Å². The number of carbonyl (C=O) groups excluding carboxylic acids is 1. The Kier molecular flexibility index (Phi) is 5.78. The quantitative estimate of drug-likeness (QED) is 0.872. The lowest BCUT2D eigenvalue weighted by Crippen LogP contribution is -2.53. The normalized spacial score (nSPS) is 19.6. The molecule has 0 spiro atoms. The van der Waals surface area contributed by atoms with Gasteiger partial charge in [-0.05, 0) is 32.8 Å². The highest BCUT2D eigenvalue weighted by molar-refractivity contribution is 5.79. The van der Waals surface area contributed by atoms with E-state index in [1.807, 2.05) is 23.9 Å². The first-order chi connectivity index (χ1) is 11.0. The summed E-state index contributed by atoms with van der Waals surface area (Å²) in [5.74, 6) is -0.0204. The molecule has 1 aliphatic rings. The van der Waals surface area contributed by atoms with Crippen LogP contribution in [-0.2, 0) is 4.79 Å². The Morgan fingerprint density at radius 3 is 2.70 bits per heavy atom. The van der Waals surface area contributed by atoms with Gasteiger partial charge in [0.1, 0.15) is 5.54 Å². The van der Waals surface area contributed by atoms with Gasteiger partial charge in [0.15, 0.2) is 0 Å². The summed E-state index contributed by atoms with van der Waals surface area (Å²) in [7, 11) is 1.76. The second-order valence-electron chi connectivity index (χ2n) is 6.55. The lowest BCUT2D eigenvalue weighted by Gasteiger charge is -2.39. The van der Waals surface area contributed by atoms with Crippen LogP contribution >= 0.6 is 0 Å². The van der Waals surface area contributed by atoms with Crippen LogP contribution in [-0.4, -0.2) is 45.8 Å². The lowest BCUT2D eigenvalue weighted by atomic mass is 9.81. The lowest BCUT2D eigenvalue weighted by molar-refractivity contribution is -0.134. The van der Waals surface area contributed by atoms with Gasteiger partial charge >= 0.3 is 0 Å². The van der Waals surface area contributed by atoms with Gasteiger partial charge in [-0.15, -0.1) is 0 Å². The van der Waals surface area contributed by atoms with Crippen molar-refractivity contribution in [1.29, 1.82) is 5.26 Å². The fourth-order valence-electron chi connectivity index (χ4n) is 3.19. The molecule has 1 aromatic heterocycles. The number of nitriles is 1. The Labute approximate surface area is 138 Å². The van der Waals surface area contributed by atoms with E-state index in [4.69, 9.17) is 0 Å². The first-order valence-electron chi connectivity index (χ1n) is 8.40. The minimum atomic E-state index is -0.617. The molecule has 1 amide bonds. The van der Waals surface area contributed by atoms with E-state index in [0.717, 1.165) is 32.1 Å². The predicted octanol–water partition coefficient (Wildman–Crippen LogP) is 2.11. The van der Waals surface area contributed by atoms with Crippen LogP contribution in [0.1, 0.15) is 52.0 Å². The molecular weight excluding hydrogens is 290 g/mol. The molecule has 6 heteroatoms. The zero-order valence-corrected chi connectivity index (χ0v) is 14.3. The number of aromatic nitrogens is 2. The zero-order chi connectivity index (χ0) is 16.9. The van der Waals surface area contributed by atoms with E-state index in [1.165, 1.54) is 0 Å². The van der Waals surface area contributed by atoms with E-state index in [-0.39, 0.29) is 24.5 Å². The van der Waals surface area contributed by atoms with Gasteiger partial charge < -0.3 is 10.2 Å². The third-order valence-corrected chi connectivity index (χ3v) is 5.15. The van der Waals surface area contributed by atoms with Gasteiger partial charge in [0, 0.05) is 25.5 Å². The van der Waals surface area contributed by atoms with Crippen LogP contribution in [0.4, 0.5) is 0 Å². The van der Waals surface area contributed by atoms with Crippen LogP contribution in [0, 0.1) is 11.3 Å². The Bertz CT molecular complexity index is 542. The van der Waals surface area contributed by atoms with Gasteiger partial charge in [0.2, 0.25) is 5.91 Å². The van der Waals surface area contributed by atoms with Gasteiger partial charge in [-0.25, -0.2) is 0 Å². The van der Waals surface area contributed by atoms with Gasteiger partial charge in [-0.1, -0.05) is 19.3 Å². The van der Waals surface area contributed by atoms with E-state index in [9.17, 15) is 10.1 Å². The van der Waals surface area contributed by atoms with Crippen LogP contribution in [0.25, 0.3) is 0 Å². The molecule has 1 aromatic rings. The first-order valence-corrected chi connectivity index (χ1v) is 8.40. The van der Waals surface area contributed by atoms with Crippen molar-refractivity contribution in [2.45, 2.75) is 63.6 Å². The molecule has 1 saturated carbocycles. The smallest absolute Gasteiger partial charge is 0.237 e. The minimum Gasteiger partial charge on any atom is -0.326 e. The van der Waals surface area contributed by atoms with Crippen molar-refractivity contribution in [1.82, 2.24) is 20.0 Å². The Morgan fingerprint density at radius 2 is 2.13 bits per heavy atom. The van der Waals surface area contributed by atoms with E-state index < -0.39 is 5.54 Å². The molecular formula is C17H27N5O. The number of hydrogen-bond donors (Lipinski definition) is 1. The maximum atomic E-state index is 12.5. The van der Waals surface area contributed by atoms with Crippen LogP contribution in [0.5, 0.6) is 0 Å². The second-order valence-corrected chi connectivity index (χ2v) is 6.55. The molecule has 2 atom stereocenters. The van der Waals surface area contributed by atoms with E-state index in [0.29, 0.717) is 0 Å². The molecule has 0 radical (unpaired) electrons. The van der Waals surface area contributed by atoms with Crippen LogP contribution in [0.15, 0.2) is 18.5 Å². The largest absolute Gasteiger partial charge is 0.326 e. The summed E-state index contributed by atoms with van der Waals surface area (Å²) in [5, 5.41) is 17.1. The molecule has 0 bridgehead atoms. The van der Waals surface area contributed by atoms with Crippen LogP contribution < -0.4 is 5.32 Å². The summed E-state index contributed by atoms with van der Waals surface area (Å²) in [5.41, 5.74) is -0.617. The second kappa shape index (κ2) is 7.60. The third-order valence-electron chi connectivity index (χ3n) is 5.15. The fourth-order valence-corrected chi connectivity index (χ4v) is 3.19.